The minimum atomic E-state index is -1.07. The van der Waals surface area contributed by atoms with E-state index in [4.69, 9.17) is 37.4 Å². The van der Waals surface area contributed by atoms with Gasteiger partial charge < -0.3 is 50.8 Å². The van der Waals surface area contributed by atoms with Gasteiger partial charge in [0.15, 0.2) is 0 Å². The molecule has 7 atom stereocenters. The van der Waals surface area contributed by atoms with Crippen molar-refractivity contribution in [3.63, 3.8) is 0 Å². The molecule has 6 N–H and O–H groups in total. The molecule has 2 fully saturated rings. The van der Waals surface area contributed by atoms with Gasteiger partial charge in [0.2, 0.25) is 23.6 Å². The van der Waals surface area contributed by atoms with Gasteiger partial charge in [-0.25, -0.2) is 13.8 Å². The normalized spacial score (nSPS) is 19.7. The molecule has 0 bridgehead atoms. The third-order valence-electron chi connectivity index (χ3n) is 13.9. The largest absolute Gasteiger partial charge is 0.495 e. The molecule has 4 aromatic carbocycles. The van der Waals surface area contributed by atoms with Gasteiger partial charge in [-0.05, 0) is 82.8 Å². The number of hydrogen-bond donors (Lipinski definition) is 6. The van der Waals surface area contributed by atoms with Gasteiger partial charge >= 0.3 is 0 Å². The summed E-state index contributed by atoms with van der Waals surface area (Å²) < 4.78 is 48.6. The second-order valence-corrected chi connectivity index (χ2v) is 23.8. The summed E-state index contributed by atoms with van der Waals surface area (Å²) in [7, 11) is 1.39. The number of benzene rings is 4. The maximum absolute atomic E-state index is 16.0. The van der Waals surface area contributed by atoms with E-state index in [2.05, 4.69) is 31.6 Å². The number of methoxy groups -OCH3 is 1. The first-order valence-corrected chi connectivity index (χ1v) is 27.7. The lowest BCUT2D eigenvalue weighted by Crippen LogP contribution is -2.58. The van der Waals surface area contributed by atoms with Crippen LogP contribution in [0.25, 0.3) is 10.4 Å². The number of rotatable bonds is 21. The Morgan fingerprint density at radius 3 is 2.29 bits per heavy atom. The molecular weight excluding hydrogens is 1080 g/mol. The van der Waals surface area contributed by atoms with Crippen molar-refractivity contribution in [3.05, 3.63) is 134 Å². The number of aromatic nitrogens is 1. The van der Waals surface area contributed by atoms with Gasteiger partial charge in [0, 0.05) is 54.5 Å². The molecule has 79 heavy (non-hydrogen) atoms. The van der Waals surface area contributed by atoms with Gasteiger partial charge in [0.25, 0.3) is 5.91 Å². The molecule has 424 valence electrons. The Hall–Kier alpha value is -6.06. The molecule has 5 amide bonds. The van der Waals surface area contributed by atoms with E-state index < -0.39 is 88.7 Å². The number of β-amino-alcohol motifs (C(OH)–C–C–N with tert-alkyl or cyclic N) is 1. The first-order valence-electron chi connectivity index (χ1n) is 26.1. The average molecular weight is 1150 g/mol. The number of amides is 5. The third-order valence-corrected chi connectivity index (χ3v) is 15.4. The summed E-state index contributed by atoms with van der Waals surface area (Å²) in [5.41, 5.74) is 4.45. The first kappa shape index (κ1) is 60.6. The van der Waals surface area contributed by atoms with Crippen molar-refractivity contribution in [1.29, 1.82) is 0 Å². The molecule has 21 heteroatoms. The molecule has 0 spiro atoms. The molecule has 0 aliphatic carbocycles. The predicted molar refractivity (Wildman–Crippen MR) is 300 cm³/mol. The quantitative estimate of drug-likeness (QED) is 0.0384. The number of aliphatic hydroxyl groups excluding tert-OH is 1. The fourth-order valence-electron chi connectivity index (χ4n) is 10.2. The zero-order chi connectivity index (χ0) is 57.3. The minimum Gasteiger partial charge on any atom is -0.495 e. The maximum Gasteiger partial charge on any atom is 0.251 e. The molecule has 16 nitrogen and oxygen atoms in total. The molecule has 3 heterocycles. The van der Waals surface area contributed by atoms with Gasteiger partial charge in [-0.2, -0.15) is 0 Å². The topological polar surface area (TPSA) is 210 Å². The highest BCUT2D eigenvalue weighted by Crippen LogP contribution is 2.49. The molecule has 2 aliphatic heterocycles. The number of thiazole rings is 1. The summed E-state index contributed by atoms with van der Waals surface area (Å²) in [6, 6.07) is 17.6. The second-order valence-electron chi connectivity index (χ2n) is 22.1. The van der Waals surface area contributed by atoms with Crippen molar-refractivity contribution in [3.8, 4) is 16.2 Å². The summed E-state index contributed by atoms with van der Waals surface area (Å²) in [6.07, 6.45) is -0.364. The van der Waals surface area contributed by atoms with Crippen LogP contribution in [0.5, 0.6) is 5.75 Å². The molecule has 1 aromatic heterocycles. The zero-order valence-corrected chi connectivity index (χ0v) is 47.8. The van der Waals surface area contributed by atoms with Crippen LogP contribution in [0.4, 0.5) is 14.5 Å². The molecule has 0 radical (unpaired) electrons. The van der Waals surface area contributed by atoms with Crippen LogP contribution in [0.3, 0.4) is 0 Å². The Morgan fingerprint density at radius 2 is 1.62 bits per heavy atom. The van der Waals surface area contributed by atoms with Crippen LogP contribution >= 0.6 is 34.5 Å². The van der Waals surface area contributed by atoms with Gasteiger partial charge in [0.05, 0.1) is 65.9 Å². The van der Waals surface area contributed by atoms with E-state index in [0.29, 0.717) is 6.42 Å². The van der Waals surface area contributed by atoms with Crippen LogP contribution in [0.1, 0.15) is 99.0 Å². The standard InChI is InChI=1S/C58H69Cl2F2N7O9S/c1-32-51(79-31-65-32)34-14-12-33(13-15-34)28-64-54(73)44-26-37(70)29-69(44)56(75)52(58(5,6)7)68-46(71)30-78-23-22-77-21-20-63-53(72)35-16-19-42(45(24-35)76-8)67-55(74)50-48(39-10-9-11-40(60)49(39)62)47(43(66-50)27-57(2,3)4)38-18-17-36(59)25-41(38)61/h9-19,24-25,31,37,43-44,47-48,50,52,66,70H,20-23,26-30H2,1-8H3,(H,63,72)(H,64,73)(H,67,74)(H,68,71)/t37-,43?,44+,47?,48?,50-,52-/m1/s1. The Labute approximate surface area is 473 Å². The highest BCUT2D eigenvalue weighted by molar-refractivity contribution is 7.13. The van der Waals surface area contributed by atoms with Gasteiger partial charge in [-0.3, -0.25) is 24.0 Å². The number of nitrogens with zero attached hydrogens (tertiary/aromatic N) is 2. The Bertz CT molecular complexity index is 2990. The fourth-order valence-corrected chi connectivity index (χ4v) is 11.3. The molecule has 0 saturated carbocycles. The molecule has 5 aromatic rings. The molecular formula is C58H69Cl2F2N7O9S. The number of carbonyl (C=O) groups is 5. The lowest BCUT2D eigenvalue weighted by Gasteiger charge is -2.35. The first-order chi connectivity index (χ1) is 37.4. The van der Waals surface area contributed by atoms with Gasteiger partial charge in [-0.15, -0.1) is 11.3 Å². The Morgan fingerprint density at radius 1 is 0.886 bits per heavy atom. The van der Waals surface area contributed by atoms with Crippen molar-refractivity contribution in [1.82, 2.24) is 31.2 Å². The van der Waals surface area contributed by atoms with E-state index in [1.165, 1.54) is 42.3 Å². The number of hydrogen-bond acceptors (Lipinski definition) is 12. The summed E-state index contributed by atoms with van der Waals surface area (Å²) in [4.78, 5) is 75.0. The van der Waals surface area contributed by atoms with Crippen molar-refractivity contribution in [2.24, 2.45) is 10.8 Å². The van der Waals surface area contributed by atoms with Crippen molar-refractivity contribution < 1.29 is 52.1 Å². The minimum absolute atomic E-state index is 0.0229. The summed E-state index contributed by atoms with van der Waals surface area (Å²) in [5.74, 6) is -5.22. The maximum atomic E-state index is 16.0. The van der Waals surface area contributed by atoms with Crippen LogP contribution in [0, 0.1) is 29.4 Å². The van der Waals surface area contributed by atoms with E-state index in [1.807, 2.05) is 52.0 Å². The summed E-state index contributed by atoms with van der Waals surface area (Å²) in [6.45, 7) is 13.5. The number of carbonyl (C=O) groups excluding carboxylic acids is 5. The van der Waals surface area contributed by atoms with Crippen LogP contribution in [-0.4, -0.2) is 121 Å². The number of anilines is 1. The molecule has 7 rings (SSSR count). The molecule has 2 aliphatic rings. The van der Waals surface area contributed by atoms with E-state index in [1.54, 1.807) is 61.9 Å². The number of aliphatic hydroxyl groups is 1. The van der Waals surface area contributed by atoms with Crippen molar-refractivity contribution in [2.45, 2.75) is 110 Å². The SMILES string of the molecule is COc1cc(C(=O)NCCOCCOCC(=O)N[C@H](C(=O)N2C[C@H](O)C[C@H]2C(=O)NCc2ccc(-c3scnc3C)cc2)C(C)(C)C)ccc1NC(=O)[C@@H]1NC(CC(C)(C)C)C(c2ccc(Cl)cc2F)C1c1cccc(Cl)c1F. The monoisotopic (exact) mass is 1150 g/mol. The van der Waals surface area contributed by atoms with Crippen LogP contribution in [0.15, 0.2) is 84.4 Å². The van der Waals surface area contributed by atoms with E-state index >= 15 is 8.78 Å². The van der Waals surface area contributed by atoms with Crippen molar-refractivity contribution >= 4 is 69.8 Å². The number of halogens is 4. The predicted octanol–water partition coefficient (Wildman–Crippen LogP) is 8.57. The average Bonchev–Trinajstić information content (AvgIpc) is 4.29. The van der Waals surface area contributed by atoms with Gasteiger partial charge in [-0.1, -0.05) is 107 Å². The highest BCUT2D eigenvalue weighted by atomic mass is 35.5. The Balaban J connectivity index is 0.871. The summed E-state index contributed by atoms with van der Waals surface area (Å²) in [5, 5.41) is 25.4. The molecule has 3 unspecified atom stereocenters. The van der Waals surface area contributed by atoms with Gasteiger partial charge in [0.1, 0.15) is 36.1 Å². The van der Waals surface area contributed by atoms with Crippen molar-refractivity contribution in [2.75, 3.05) is 51.9 Å². The van der Waals surface area contributed by atoms with Crippen LogP contribution in [0.2, 0.25) is 10.0 Å². The fraction of sp³-hybridized carbons (Fsp3) is 0.448. The third kappa shape index (κ3) is 15.4. The van der Waals surface area contributed by atoms with E-state index in [0.717, 1.165) is 21.7 Å². The number of likely N-dealkylation sites (tertiary alicyclic amines) is 1. The number of nitrogens with one attached hydrogen (secondary N) is 5. The second kappa shape index (κ2) is 26.5. The zero-order valence-electron chi connectivity index (χ0n) is 45.5. The van der Waals surface area contributed by atoms with E-state index in [-0.39, 0.29) is 96.1 Å². The number of ether oxygens (including phenoxy) is 3. The van der Waals surface area contributed by atoms with Crippen LogP contribution in [-0.2, 0) is 35.2 Å². The van der Waals surface area contributed by atoms with E-state index in [9.17, 15) is 29.1 Å². The number of aryl methyl sites for hydroxylation is 1. The van der Waals surface area contributed by atoms with Crippen LogP contribution < -0.4 is 31.3 Å². The smallest absolute Gasteiger partial charge is 0.251 e. The molecule has 2 saturated heterocycles. The lowest BCUT2D eigenvalue weighted by atomic mass is 9.74. The summed E-state index contributed by atoms with van der Waals surface area (Å²) >= 11 is 14.0. The highest BCUT2D eigenvalue weighted by Gasteiger charge is 2.50. The lowest BCUT2D eigenvalue weighted by molar-refractivity contribution is -0.144. The Kier molecular flexibility index (Phi) is 20.3.